The molecule has 0 saturated carbocycles. The van der Waals surface area contributed by atoms with E-state index in [1.807, 2.05) is 29.6 Å². The monoisotopic (exact) mass is 177 g/mol. The van der Waals surface area contributed by atoms with Crippen LogP contribution in [0.15, 0.2) is 18.6 Å². The number of anilines is 2. The first-order valence-electron chi connectivity index (χ1n) is 3.95. The van der Waals surface area contributed by atoms with E-state index in [-0.39, 0.29) is 0 Å². The zero-order valence-electron chi connectivity index (χ0n) is 7.60. The Hall–Kier alpha value is -1.78. The predicted molar refractivity (Wildman–Crippen MR) is 51.7 cm³/mol. The minimum Gasteiger partial charge on any atom is -0.382 e. The molecule has 0 aliphatic heterocycles. The molecule has 68 valence electrons. The van der Waals surface area contributed by atoms with Crippen LogP contribution in [0, 0.1) is 0 Å². The molecule has 0 radical (unpaired) electrons. The van der Waals surface area contributed by atoms with Gasteiger partial charge >= 0.3 is 0 Å². The first-order chi connectivity index (χ1) is 6.18. The normalized spacial score (nSPS) is 10.6. The van der Waals surface area contributed by atoms with Crippen LogP contribution < -0.4 is 10.6 Å². The number of rotatable bonds is 1. The molecule has 2 aromatic rings. The van der Waals surface area contributed by atoms with Crippen molar-refractivity contribution in [2.45, 2.75) is 0 Å². The lowest BCUT2D eigenvalue weighted by atomic mass is 10.5. The van der Waals surface area contributed by atoms with Gasteiger partial charge in [-0.2, -0.15) is 0 Å². The minimum atomic E-state index is 0.495. The fourth-order valence-corrected chi connectivity index (χ4v) is 1.23. The van der Waals surface area contributed by atoms with Gasteiger partial charge in [0.25, 0.3) is 0 Å². The molecule has 0 unspecified atom stereocenters. The summed E-state index contributed by atoms with van der Waals surface area (Å²) in [6.07, 6.45) is 5.32. The van der Waals surface area contributed by atoms with Crippen LogP contribution in [0.3, 0.4) is 0 Å². The molecule has 0 bridgehead atoms. The molecule has 0 aromatic carbocycles. The van der Waals surface area contributed by atoms with Crippen LogP contribution >= 0.6 is 0 Å². The molecule has 13 heavy (non-hydrogen) atoms. The summed E-state index contributed by atoms with van der Waals surface area (Å²) in [6, 6.07) is 0. The summed E-state index contributed by atoms with van der Waals surface area (Å²) in [5.74, 6) is 1.28. The maximum absolute atomic E-state index is 5.64. The molecule has 0 aliphatic rings. The van der Waals surface area contributed by atoms with Crippen molar-refractivity contribution in [3.8, 4) is 0 Å². The molecule has 0 amide bonds. The van der Waals surface area contributed by atoms with Crippen molar-refractivity contribution in [2.24, 2.45) is 0 Å². The molecule has 5 nitrogen and oxygen atoms in total. The number of hydrogen-bond donors (Lipinski definition) is 1. The summed E-state index contributed by atoms with van der Waals surface area (Å²) < 4.78 is 1.86. The molecular formula is C8H11N5. The van der Waals surface area contributed by atoms with Crippen molar-refractivity contribution in [3.63, 3.8) is 0 Å². The van der Waals surface area contributed by atoms with E-state index in [4.69, 9.17) is 5.73 Å². The van der Waals surface area contributed by atoms with E-state index < -0.39 is 0 Å². The standard InChI is InChI=1S/C8H11N5/c1-12(2)8-7-10-3-4-13(7)5-6(9)11-8/h3-5H,9H2,1-2H3. The van der Waals surface area contributed by atoms with Gasteiger partial charge < -0.3 is 15.0 Å². The molecule has 2 heterocycles. The lowest BCUT2D eigenvalue weighted by molar-refractivity contribution is 1.04. The van der Waals surface area contributed by atoms with Gasteiger partial charge in [-0.3, -0.25) is 0 Å². The summed E-state index contributed by atoms with van der Waals surface area (Å²) >= 11 is 0. The van der Waals surface area contributed by atoms with E-state index in [0.29, 0.717) is 5.82 Å². The quantitative estimate of drug-likeness (QED) is 0.684. The third-order valence-electron chi connectivity index (χ3n) is 1.80. The molecule has 0 atom stereocenters. The van der Waals surface area contributed by atoms with Gasteiger partial charge in [0.05, 0.1) is 6.20 Å². The van der Waals surface area contributed by atoms with Crippen molar-refractivity contribution < 1.29 is 0 Å². The highest BCUT2D eigenvalue weighted by atomic mass is 15.2. The van der Waals surface area contributed by atoms with Crippen molar-refractivity contribution in [1.29, 1.82) is 0 Å². The fraction of sp³-hybridized carbons (Fsp3) is 0.250. The topological polar surface area (TPSA) is 59.5 Å². The predicted octanol–water partition coefficient (Wildman–Crippen LogP) is 0.377. The van der Waals surface area contributed by atoms with E-state index >= 15 is 0 Å². The number of hydrogen-bond acceptors (Lipinski definition) is 4. The molecular weight excluding hydrogens is 166 g/mol. The highest BCUT2D eigenvalue weighted by Gasteiger charge is 2.06. The van der Waals surface area contributed by atoms with E-state index in [2.05, 4.69) is 9.97 Å². The van der Waals surface area contributed by atoms with E-state index in [0.717, 1.165) is 11.5 Å². The second-order valence-electron chi connectivity index (χ2n) is 3.04. The van der Waals surface area contributed by atoms with Gasteiger partial charge in [0.1, 0.15) is 5.82 Å². The average Bonchev–Trinajstić information content (AvgIpc) is 2.49. The molecule has 0 spiro atoms. The van der Waals surface area contributed by atoms with Crippen LogP contribution in [-0.4, -0.2) is 28.5 Å². The number of aromatic nitrogens is 3. The zero-order valence-corrected chi connectivity index (χ0v) is 7.60. The van der Waals surface area contributed by atoms with Gasteiger partial charge in [-0.05, 0) is 0 Å². The summed E-state index contributed by atoms with van der Waals surface area (Å²) in [7, 11) is 3.83. The Morgan fingerprint density at radius 3 is 2.92 bits per heavy atom. The minimum absolute atomic E-state index is 0.495. The molecule has 2 rings (SSSR count). The van der Waals surface area contributed by atoms with Crippen LogP contribution in [0.25, 0.3) is 5.65 Å². The van der Waals surface area contributed by atoms with E-state index in [1.54, 1.807) is 12.4 Å². The summed E-state index contributed by atoms with van der Waals surface area (Å²) in [4.78, 5) is 10.3. The molecule has 2 aromatic heterocycles. The Labute approximate surface area is 75.8 Å². The number of nitrogens with two attached hydrogens (primary N) is 1. The van der Waals surface area contributed by atoms with Crippen molar-refractivity contribution >= 4 is 17.3 Å². The Bertz CT molecular complexity index is 431. The average molecular weight is 177 g/mol. The highest BCUT2D eigenvalue weighted by molar-refractivity contribution is 5.65. The third-order valence-corrected chi connectivity index (χ3v) is 1.80. The van der Waals surface area contributed by atoms with E-state index in [9.17, 15) is 0 Å². The smallest absolute Gasteiger partial charge is 0.180 e. The van der Waals surface area contributed by atoms with Crippen LogP contribution in [0.2, 0.25) is 0 Å². The first kappa shape index (κ1) is 7.85. The van der Waals surface area contributed by atoms with Crippen molar-refractivity contribution in [2.75, 3.05) is 24.7 Å². The van der Waals surface area contributed by atoms with Gasteiger partial charge in [0.2, 0.25) is 0 Å². The number of nitrogens with zero attached hydrogens (tertiary/aromatic N) is 4. The zero-order chi connectivity index (χ0) is 9.42. The fourth-order valence-electron chi connectivity index (χ4n) is 1.23. The summed E-state index contributed by atoms with van der Waals surface area (Å²) in [6.45, 7) is 0. The highest BCUT2D eigenvalue weighted by Crippen LogP contribution is 2.16. The number of fused-ring (bicyclic) bond motifs is 1. The summed E-state index contributed by atoms with van der Waals surface area (Å²) in [5.41, 5.74) is 6.45. The van der Waals surface area contributed by atoms with Crippen LogP contribution in [-0.2, 0) is 0 Å². The first-order valence-corrected chi connectivity index (χ1v) is 3.95. The molecule has 2 N–H and O–H groups in total. The third kappa shape index (κ3) is 1.18. The van der Waals surface area contributed by atoms with Crippen LogP contribution in [0.4, 0.5) is 11.6 Å². The van der Waals surface area contributed by atoms with Gasteiger partial charge in [-0.15, -0.1) is 0 Å². The maximum Gasteiger partial charge on any atom is 0.180 e. The van der Waals surface area contributed by atoms with Gasteiger partial charge in [-0.1, -0.05) is 0 Å². The molecule has 0 saturated heterocycles. The Kier molecular flexibility index (Phi) is 1.58. The van der Waals surface area contributed by atoms with Crippen molar-refractivity contribution in [1.82, 2.24) is 14.4 Å². The Morgan fingerprint density at radius 2 is 2.23 bits per heavy atom. The SMILES string of the molecule is CN(C)c1nc(N)cn2ccnc12. The van der Waals surface area contributed by atoms with Gasteiger partial charge in [-0.25, -0.2) is 9.97 Å². The van der Waals surface area contributed by atoms with E-state index in [1.165, 1.54) is 0 Å². The van der Waals surface area contributed by atoms with Crippen LogP contribution in [0.5, 0.6) is 0 Å². The summed E-state index contributed by atoms with van der Waals surface area (Å²) in [5, 5.41) is 0. The maximum atomic E-state index is 5.64. The number of imidazole rings is 1. The van der Waals surface area contributed by atoms with Gasteiger partial charge in [0, 0.05) is 26.5 Å². The molecule has 0 fully saturated rings. The largest absolute Gasteiger partial charge is 0.382 e. The second kappa shape index (κ2) is 2.62. The molecule has 0 aliphatic carbocycles. The Morgan fingerprint density at radius 1 is 1.46 bits per heavy atom. The Balaban J connectivity index is 2.77. The van der Waals surface area contributed by atoms with Crippen LogP contribution in [0.1, 0.15) is 0 Å². The van der Waals surface area contributed by atoms with Gasteiger partial charge in [0.15, 0.2) is 11.5 Å². The lowest BCUT2D eigenvalue weighted by Gasteiger charge is -2.12. The van der Waals surface area contributed by atoms with Crippen molar-refractivity contribution in [3.05, 3.63) is 18.6 Å². The second-order valence-corrected chi connectivity index (χ2v) is 3.04. The molecule has 5 heteroatoms. The number of nitrogen functional groups attached to an aromatic ring is 1. The lowest BCUT2D eigenvalue weighted by Crippen LogP contribution is -2.13.